The Morgan fingerprint density at radius 3 is 2.43 bits per heavy atom. The number of phenols is 1. The molecule has 4 aromatic rings. The van der Waals surface area contributed by atoms with Gasteiger partial charge < -0.3 is 39.7 Å². The zero-order chi connectivity index (χ0) is 48.8. The first-order valence-corrected chi connectivity index (χ1v) is 22.5. The van der Waals surface area contributed by atoms with Crippen molar-refractivity contribution in [3.8, 4) is 34.2 Å². The Morgan fingerprint density at radius 2 is 1.76 bits per heavy atom. The van der Waals surface area contributed by atoms with Crippen molar-refractivity contribution in [1.29, 1.82) is 5.26 Å². The van der Waals surface area contributed by atoms with E-state index < -0.39 is 69.9 Å². The number of hydrazine groups is 1. The predicted molar refractivity (Wildman–Crippen MR) is 248 cm³/mol. The molecule has 2 aromatic heterocycles. The fourth-order valence-corrected chi connectivity index (χ4v) is 9.71. The van der Waals surface area contributed by atoms with Crippen LogP contribution in [-0.4, -0.2) is 126 Å². The molecule has 4 amide bonds. The standard InChI is InChI=1S/C50H60N8O9/c1-9-40(60)56-20-16-49(65,28-56)45(63)55(8)41(30(2)3)43(61)53-38-23-31-21-34(24-35(59)22-31)33-11-12-39-36(25-33)37(42(32-13-17-52-18-14-32)58(39)48(6,7)27-51)26-47(4,5)29-67-46(64)50(66)15-10-19-57(54-50)44(38)62/h9,11-14,17-18,21-22,24-25,30,38,41,54,59,65-66H,1,10,15-16,19-20,23,26,28-29H2,2-8H3,(H,53,61)/t38-,41-,49-,50-/m0/s1. The molecule has 3 aliphatic rings. The zero-order valence-corrected chi connectivity index (χ0v) is 39.1. The summed E-state index contributed by atoms with van der Waals surface area (Å²) in [7, 11) is 1.38. The van der Waals surface area contributed by atoms with Crippen molar-refractivity contribution in [2.75, 3.05) is 33.3 Å². The number of carbonyl (C=O) groups is 5. The molecule has 0 saturated carbocycles. The Labute approximate surface area is 390 Å². The van der Waals surface area contributed by atoms with Gasteiger partial charge in [-0.3, -0.25) is 29.2 Å². The summed E-state index contributed by atoms with van der Waals surface area (Å²) in [5.41, 5.74) is 1.59. The molecular weight excluding hydrogens is 857 g/mol. The highest BCUT2D eigenvalue weighted by Gasteiger charge is 2.49. The summed E-state index contributed by atoms with van der Waals surface area (Å²) in [5, 5.41) is 49.9. The van der Waals surface area contributed by atoms with Crippen LogP contribution >= 0.6 is 0 Å². The lowest BCUT2D eigenvalue weighted by molar-refractivity contribution is -0.189. The van der Waals surface area contributed by atoms with E-state index in [0.29, 0.717) is 23.1 Å². The summed E-state index contributed by atoms with van der Waals surface area (Å²) < 4.78 is 7.90. The van der Waals surface area contributed by atoms with E-state index in [9.17, 15) is 44.6 Å². The fourth-order valence-electron chi connectivity index (χ4n) is 9.71. The summed E-state index contributed by atoms with van der Waals surface area (Å²) in [4.78, 5) is 76.2. The molecule has 0 unspecified atom stereocenters. The number of amides is 4. The number of nitrogens with zero attached hydrogens (tertiary/aromatic N) is 6. The van der Waals surface area contributed by atoms with Crippen molar-refractivity contribution in [3.05, 3.63) is 84.7 Å². The average Bonchev–Trinajstić information content (AvgIpc) is 3.85. The number of nitriles is 1. The molecule has 67 heavy (non-hydrogen) atoms. The topological polar surface area (TPSA) is 231 Å². The Hall–Kier alpha value is -6.61. The summed E-state index contributed by atoms with van der Waals surface area (Å²) in [5.74, 6) is -4.32. The highest BCUT2D eigenvalue weighted by atomic mass is 16.6. The number of benzene rings is 2. The Bertz CT molecular complexity index is 2670. The SMILES string of the molecule is C=CC(=O)N1CC[C@@](O)(C(=O)N(C)[C@H](C(=O)N[C@H]2Cc3cc(O)cc(c3)-c3ccc4c(c3)c(c(-c3ccncc3)n4C(C)(C)C#N)CC(C)(C)COC(=O)[C@@]3(O)CCCN(N3)C2=O)C(C)C)C1. The molecule has 7 rings (SSSR count). The van der Waals surface area contributed by atoms with E-state index in [0.717, 1.165) is 43.7 Å². The first-order chi connectivity index (χ1) is 31.5. The van der Waals surface area contributed by atoms with Gasteiger partial charge >= 0.3 is 5.97 Å². The third kappa shape index (κ3) is 9.51. The second-order valence-corrected chi connectivity index (χ2v) is 19.8. The first kappa shape index (κ1) is 48.3. The van der Waals surface area contributed by atoms with Crippen LogP contribution in [-0.2, 0) is 47.1 Å². The molecule has 3 aliphatic heterocycles. The highest BCUT2D eigenvalue weighted by Crippen LogP contribution is 2.43. The van der Waals surface area contributed by atoms with Crippen molar-refractivity contribution in [3.63, 3.8) is 0 Å². The average molecular weight is 917 g/mol. The molecule has 5 heterocycles. The third-order valence-electron chi connectivity index (χ3n) is 13.1. The number of likely N-dealkylation sites (tertiary alicyclic amines) is 1. The quantitative estimate of drug-likeness (QED) is 0.125. The maximum absolute atomic E-state index is 14.7. The van der Waals surface area contributed by atoms with Gasteiger partial charge in [-0.25, -0.2) is 4.79 Å². The number of aliphatic hydroxyl groups is 2. The molecule has 354 valence electrons. The number of aromatic hydroxyl groups is 1. The van der Waals surface area contributed by atoms with Crippen molar-refractivity contribution in [2.24, 2.45) is 11.3 Å². The van der Waals surface area contributed by atoms with Gasteiger partial charge in [-0.1, -0.05) is 46.4 Å². The van der Waals surface area contributed by atoms with Crippen molar-refractivity contribution >= 4 is 40.5 Å². The monoisotopic (exact) mass is 916 g/mol. The minimum absolute atomic E-state index is 0.0488. The lowest BCUT2D eigenvalue weighted by Gasteiger charge is -2.40. The molecule has 0 radical (unpaired) electrons. The summed E-state index contributed by atoms with van der Waals surface area (Å²) >= 11 is 0. The van der Waals surface area contributed by atoms with Gasteiger partial charge in [-0.15, -0.1) is 0 Å². The smallest absolute Gasteiger partial charge is 0.355 e. The number of phenolic OH excluding ortho intramolecular Hbond substituents is 1. The van der Waals surface area contributed by atoms with Gasteiger partial charge in [-0.05, 0) is 97.3 Å². The molecule has 5 N–H and O–H groups in total. The number of pyridine rings is 1. The van der Waals surface area contributed by atoms with Crippen LogP contribution < -0.4 is 10.7 Å². The normalized spacial score (nSPS) is 22.7. The third-order valence-corrected chi connectivity index (χ3v) is 13.1. The molecule has 17 nitrogen and oxygen atoms in total. The van der Waals surface area contributed by atoms with Gasteiger partial charge in [0, 0.05) is 68.2 Å². The molecule has 17 heteroatoms. The van der Waals surface area contributed by atoms with E-state index in [4.69, 9.17) is 4.74 Å². The number of carbonyl (C=O) groups excluding carboxylic acids is 5. The second-order valence-electron chi connectivity index (χ2n) is 19.8. The van der Waals surface area contributed by atoms with Crippen LogP contribution in [0.15, 0.2) is 73.6 Å². The molecule has 6 bridgehead atoms. The van der Waals surface area contributed by atoms with E-state index in [1.165, 1.54) is 18.0 Å². The number of hydrogen-bond donors (Lipinski definition) is 5. The maximum Gasteiger partial charge on any atom is 0.355 e. The molecule has 2 aromatic carbocycles. The number of aromatic nitrogens is 2. The summed E-state index contributed by atoms with van der Waals surface area (Å²) in [6.07, 6.45) is 4.68. The molecule has 0 spiro atoms. The molecule has 2 saturated heterocycles. The van der Waals surface area contributed by atoms with Crippen molar-refractivity contribution < 1.29 is 44.0 Å². The van der Waals surface area contributed by atoms with Crippen LogP contribution in [0.1, 0.15) is 71.9 Å². The van der Waals surface area contributed by atoms with Crippen molar-refractivity contribution in [2.45, 2.75) is 103 Å². The number of fused-ring (bicyclic) bond motifs is 6. The van der Waals surface area contributed by atoms with Gasteiger partial charge in [-0.2, -0.15) is 10.7 Å². The van der Waals surface area contributed by atoms with Crippen LogP contribution in [0.3, 0.4) is 0 Å². The lowest BCUT2D eigenvalue weighted by Crippen LogP contribution is -2.67. The Balaban J connectivity index is 1.34. The van der Waals surface area contributed by atoms with Gasteiger partial charge in [0.1, 0.15) is 23.4 Å². The van der Waals surface area contributed by atoms with E-state index >= 15 is 0 Å². The van der Waals surface area contributed by atoms with E-state index in [2.05, 4.69) is 28.4 Å². The Morgan fingerprint density at radius 1 is 1.04 bits per heavy atom. The molecule has 0 aliphatic carbocycles. The highest BCUT2D eigenvalue weighted by molar-refractivity contribution is 5.97. The number of likely N-dealkylation sites (N-methyl/N-ethyl adjacent to an activating group) is 1. The van der Waals surface area contributed by atoms with Crippen LogP contribution in [0.5, 0.6) is 5.75 Å². The minimum atomic E-state index is -2.32. The van der Waals surface area contributed by atoms with Gasteiger partial charge in [0.25, 0.3) is 11.8 Å². The summed E-state index contributed by atoms with van der Waals surface area (Å²) in [6.45, 7) is 14.2. The Kier molecular flexibility index (Phi) is 13.1. The largest absolute Gasteiger partial charge is 0.508 e. The predicted octanol–water partition coefficient (Wildman–Crippen LogP) is 3.94. The lowest BCUT2D eigenvalue weighted by atomic mass is 9.84. The number of hydrogen-bond acceptors (Lipinski definition) is 12. The number of rotatable bonds is 8. The van der Waals surface area contributed by atoms with Gasteiger partial charge in [0.15, 0.2) is 5.60 Å². The maximum atomic E-state index is 14.7. The van der Waals surface area contributed by atoms with Crippen LogP contribution in [0.2, 0.25) is 0 Å². The minimum Gasteiger partial charge on any atom is -0.508 e. The first-order valence-electron chi connectivity index (χ1n) is 22.5. The fraction of sp³-hybridized carbons (Fsp3) is 0.460. The van der Waals surface area contributed by atoms with Crippen LogP contribution in [0.25, 0.3) is 33.3 Å². The second kappa shape index (κ2) is 18.2. The van der Waals surface area contributed by atoms with Gasteiger partial charge in [0.05, 0.1) is 30.4 Å². The molecule has 4 atom stereocenters. The zero-order valence-electron chi connectivity index (χ0n) is 39.1. The number of cyclic esters (lactones) is 1. The van der Waals surface area contributed by atoms with E-state index in [1.807, 2.05) is 62.6 Å². The molecule has 2 fully saturated rings. The van der Waals surface area contributed by atoms with Crippen LogP contribution in [0, 0.1) is 22.7 Å². The summed E-state index contributed by atoms with van der Waals surface area (Å²) in [6, 6.07) is 14.3. The number of ether oxygens (including phenoxy) is 1. The number of β-amino-alcohol motifs (C(OH)–C–C–N with tert-alkyl or cyclic N) is 1. The van der Waals surface area contributed by atoms with Crippen LogP contribution in [0.4, 0.5) is 0 Å². The van der Waals surface area contributed by atoms with E-state index in [-0.39, 0.29) is 57.7 Å². The van der Waals surface area contributed by atoms with E-state index in [1.54, 1.807) is 38.4 Å². The van der Waals surface area contributed by atoms with Crippen molar-refractivity contribution in [1.82, 2.24) is 35.1 Å². The number of esters is 1. The molecular formula is C50H60N8O9. The van der Waals surface area contributed by atoms with Gasteiger partial charge in [0.2, 0.25) is 17.5 Å². The number of nitrogens with one attached hydrogen (secondary N) is 2.